The van der Waals surface area contributed by atoms with E-state index in [-0.39, 0.29) is 17.8 Å². The summed E-state index contributed by atoms with van der Waals surface area (Å²) in [6.07, 6.45) is 6.22. The fourth-order valence-corrected chi connectivity index (χ4v) is 5.19. The third-order valence-corrected chi connectivity index (χ3v) is 7.10. The van der Waals surface area contributed by atoms with Crippen molar-refractivity contribution in [2.75, 3.05) is 20.1 Å². The molecule has 3 heterocycles. The lowest BCUT2D eigenvalue weighted by Crippen LogP contribution is -2.47. The summed E-state index contributed by atoms with van der Waals surface area (Å²) in [5, 5.41) is 1.92. The number of amides is 1. The minimum absolute atomic E-state index is 0.0223. The molecule has 1 aromatic carbocycles. The maximum Gasteiger partial charge on any atom is 0.263 e. The molecule has 4 nitrogen and oxygen atoms in total. The standard InChI is InChI=1S/C25H28FN3OS/c1-28(25(30)24-9-5-15-31-24)23(16-21-7-2-3-8-22(21)26)20-10-13-29(14-11-20)18-19-6-4-12-27-17-19/h2-9,12,15,17,20,23H,10-11,13-14,16,18H2,1H3/t23-/m0/s1. The number of hydrogen-bond acceptors (Lipinski definition) is 4. The highest BCUT2D eigenvalue weighted by Gasteiger charge is 2.32. The topological polar surface area (TPSA) is 36.4 Å². The van der Waals surface area contributed by atoms with Crippen molar-refractivity contribution in [2.45, 2.75) is 31.8 Å². The van der Waals surface area contributed by atoms with Crippen LogP contribution in [0.25, 0.3) is 0 Å². The molecule has 1 aliphatic rings. The van der Waals surface area contributed by atoms with Gasteiger partial charge in [0, 0.05) is 32.0 Å². The Hall–Kier alpha value is -2.57. The summed E-state index contributed by atoms with van der Waals surface area (Å²) >= 11 is 1.46. The summed E-state index contributed by atoms with van der Waals surface area (Å²) in [7, 11) is 1.87. The van der Waals surface area contributed by atoms with Crippen molar-refractivity contribution in [1.29, 1.82) is 0 Å². The number of piperidine rings is 1. The lowest BCUT2D eigenvalue weighted by Gasteiger charge is -2.40. The predicted molar refractivity (Wildman–Crippen MR) is 123 cm³/mol. The molecule has 3 aromatic rings. The molecule has 0 spiro atoms. The Morgan fingerprint density at radius 3 is 2.68 bits per heavy atom. The average Bonchev–Trinajstić information content (AvgIpc) is 3.34. The minimum Gasteiger partial charge on any atom is -0.337 e. The van der Waals surface area contributed by atoms with Gasteiger partial charge in [-0.1, -0.05) is 30.3 Å². The number of rotatable bonds is 7. The number of pyridine rings is 1. The molecule has 0 radical (unpaired) electrons. The summed E-state index contributed by atoms with van der Waals surface area (Å²) in [5.74, 6) is 0.159. The number of likely N-dealkylation sites (N-methyl/N-ethyl adjacent to an activating group) is 1. The summed E-state index contributed by atoms with van der Waals surface area (Å²) in [5.41, 5.74) is 1.89. The number of benzene rings is 1. The number of nitrogens with zero attached hydrogens (tertiary/aromatic N) is 3. The number of thiophene rings is 1. The van der Waals surface area contributed by atoms with Crippen LogP contribution in [-0.2, 0) is 13.0 Å². The number of hydrogen-bond donors (Lipinski definition) is 0. The molecule has 1 fully saturated rings. The number of likely N-dealkylation sites (tertiary alicyclic amines) is 1. The van der Waals surface area contributed by atoms with Crippen LogP contribution >= 0.6 is 11.3 Å². The largest absolute Gasteiger partial charge is 0.337 e. The van der Waals surface area contributed by atoms with Crippen molar-refractivity contribution in [3.05, 3.63) is 88.1 Å². The van der Waals surface area contributed by atoms with E-state index in [1.807, 2.05) is 53.9 Å². The van der Waals surface area contributed by atoms with Crippen molar-refractivity contribution < 1.29 is 9.18 Å². The second-order valence-electron chi connectivity index (χ2n) is 8.23. The zero-order valence-electron chi connectivity index (χ0n) is 17.8. The van der Waals surface area contributed by atoms with Crippen molar-refractivity contribution in [1.82, 2.24) is 14.8 Å². The van der Waals surface area contributed by atoms with Crippen molar-refractivity contribution in [2.24, 2.45) is 5.92 Å². The Balaban J connectivity index is 1.48. The van der Waals surface area contributed by atoms with Crippen LogP contribution in [0.5, 0.6) is 0 Å². The van der Waals surface area contributed by atoms with E-state index in [0.29, 0.717) is 17.9 Å². The van der Waals surface area contributed by atoms with E-state index in [4.69, 9.17) is 0 Å². The molecule has 0 unspecified atom stereocenters. The van der Waals surface area contributed by atoms with Crippen LogP contribution in [0, 0.1) is 11.7 Å². The summed E-state index contributed by atoms with van der Waals surface area (Å²) in [6, 6.07) is 14.7. The van der Waals surface area contributed by atoms with Gasteiger partial charge in [-0.2, -0.15) is 0 Å². The Labute approximate surface area is 187 Å². The minimum atomic E-state index is -0.196. The third kappa shape index (κ3) is 5.38. The van der Waals surface area contributed by atoms with Gasteiger partial charge in [-0.15, -0.1) is 11.3 Å². The van der Waals surface area contributed by atoms with Crippen molar-refractivity contribution in [3.63, 3.8) is 0 Å². The van der Waals surface area contributed by atoms with E-state index in [1.54, 1.807) is 12.3 Å². The monoisotopic (exact) mass is 437 g/mol. The smallest absolute Gasteiger partial charge is 0.263 e. The van der Waals surface area contributed by atoms with E-state index >= 15 is 0 Å². The second kappa shape index (κ2) is 10.2. The molecule has 2 aromatic heterocycles. The maximum absolute atomic E-state index is 14.4. The first kappa shape index (κ1) is 21.7. The van der Waals surface area contributed by atoms with E-state index in [1.165, 1.54) is 23.0 Å². The van der Waals surface area contributed by atoms with Crippen molar-refractivity contribution in [3.8, 4) is 0 Å². The molecule has 4 rings (SSSR count). The molecule has 0 saturated carbocycles. The molecule has 0 bridgehead atoms. The quantitative estimate of drug-likeness (QED) is 0.529. The Bertz CT molecular complexity index is 971. The van der Waals surface area contributed by atoms with Gasteiger partial charge in [-0.05, 0) is 73.0 Å². The molecule has 0 N–H and O–H groups in total. The first-order chi connectivity index (χ1) is 15.1. The molecule has 31 heavy (non-hydrogen) atoms. The summed E-state index contributed by atoms with van der Waals surface area (Å²) in [4.78, 5) is 22.3. The SMILES string of the molecule is CN(C(=O)c1cccs1)[C@@H](Cc1ccccc1F)C1CCN(Cc2cccnc2)CC1. The summed E-state index contributed by atoms with van der Waals surface area (Å²) < 4.78 is 14.4. The molecule has 0 aliphatic carbocycles. The third-order valence-electron chi connectivity index (χ3n) is 6.24. The van der Waals surface area contributed by atoms with Gasteiger partial charge in [0.25, 0.3) is 5.91 Å². The highest BCUT2D eigenvalue weighted by molar-refractivity contribution is 7.12. The van der Waals surface area contributed by atoms with Gasteiger partial charge >= 0.3 is 0 Å². The Kier molecular flexibility index (Phi) is 7.10. The van der Waals surface area contributed by atoms with Gasteiger partial charge in [0.15, 0.2) is 0 Å². The first-order valence-corrected chi connectivity index (χ1v) is 11.6. The van der Waals surface area contributed by atoms with Crippen LogP contribution in [0.2, 0.25) is 0 Å². The van der Waals surface area contributed by atoms with Gasteiger partial charge in [-0.25, -0.2) is 4.39 Å². The fourth-order valence-electron chi connectivity index (χ4n) is 4.48. The van der Waals surface area contributed by atoms with E-state index < -0.39 is 0 Å². The lowest BCUT2D eigenvalue weighted by atomic mass is 9.84. The number of carbonyl (C=O) groups excluding carboxylic acids is 1. The number of aromatic nitrogens is 1. The summed E-state index contributed by atoms with van der Waals surface area (Å²) in [6.45, 7) is 2.82. The van der Waals surface area contributed by atoms with Gasteiger partial charge in [0.1, 0.15) is 5.82 Å². The normalized spacial score (nSPS) is 16.2. The first-order valence-electron chi connectivity index (χ1n) is 10.8. The molecule has 1 aliphatic heterocycles. The van der Waals surface area contributed by atoms with Crippen LogP contribution < -0.4 is 0 Å². The molecule has 6 heteroatoms. The van der Waals surface area contributed by atoms with Crippen LogP contribution in [-0.4, -0.2) is 46.9 Å². The zero-order chi connectivity index (χ0) is 21.6. The van der Waals surface area contributed by atoms with Crippen LogP contribution in [0.15, 0.2) is 66.3 Å². The van der Waals surface area contributed by atoms with E-state index in [9.17, 15) is 9.18 Å². The van der Waals surface area contributed by atoms with Gasteiger partial charge < -0.3 is 4.90 Å². The highest BCUT2D eigenvalue weighted by atomic mass is 32.1. The predicted octanol–water partition coefficient (Wildman–Crippen LogP) is 4.88. The molecular weight excluding hydrogens is 409 g/mol. The number of carbonyl (C=O) groups is 1. The van der Waals surface area contributed by atoms with Crippen molar-refractivity contribution >= 4 is 17.2 Å². The Morgan fingerprint density at radius 1 is 1.19 bits per heavy atom. The zero-order valence-corrected chi connectivity index (χ0v) is 18.6. The molecule has 1 amide bonds. The molecule has 1 atom stereocenters. The second-order valence-corrected chi connectivity index (χ2v) is 9.18. The van der Waals surface area contributed by atoms with E-state index in [2.05, 4.69) is 16.0 Å². The molecule has 1 saturated heterocycles. The highest BCUT2D eigenvalue weighted by Crippen LogP contribution is 2.29. The van der Waals surface area contributed by atoms with Crippen LogP contribution in [0.1, 0.15) is 33.6 Å². The van der Waals surface area contributed by atoms with Gasteiger partial charge in [-0.3, -0.25) is 14.7 Å². The number of halogens is 1. The van der Waals surface area contributed by atoms with Gasteiger partial charge in [0.05, 0.1) is 4.88 Å². The molecule has 162 valence electrons. The maximum atomic E-state index is 14.4. The van der Waals surface area contributed by atoms with Crippen LogP contribution in [0.4, 0.5) is 4.39 Å². The van der Waals surface area contributed by atoms with E-state index in [0.717, 1.165) is 37.4 Å². The van der Waals surface area contributed by atoms with Crippen LogP contribution in [0.3, 0.4) is 0 Å². The fraction of sp³-hybridized carbons (Fsp3) is 0.360. The average molecular weight is 438 g/mol. The Morgan fingerprint density at radius 2 is 2.00 bits per heavy atom. The molecular formula is C25H28FN3OS. The van der Waals surface area contributed by atoms with Gasteiger partial charge in [0.2, 0.25) is 0 Å². The lowest BCUT2D eigenvalue weighted by molar-refractivity contribution is 0.0588.